The van der Waals surface area contributed by atoms with E-state index in [9.17, 15) is 9.59 Å². The van der Waals surface area contributed by atoms with Crippen LogP contribution in [-0.2, 0) is 20.7 Å². The number of ether oxygens (including phenoxy) is 1. The summed E-state index contributed by atoms with van der Waals surface area (Å²) in [5.41, 5.74) is 2.27. The molecule has 3 rings (SSSR count). The van der Waals surface area contributed by atoms with Crippen molar-refractivity contribution < 1.29 is 14.3 Å². The van der Waals surface area contributed by atoms with Gasteiger partial charge in [0.05, 0.1) is 6.42 Å². The standard InChI is InChI=1S/C20H29N5O3S/c1-12-6-8-15(9-7-12)24(4)17(26)11-28-18(27)10-16-13(2)21-19-22-20(29-5)23-25(19)14(16)3/h12,15H,6-11H2,1-5H3. The lowest BCUT2D eigenvalue weighted by atomic mass is 9.87. The van der Waals surface area contributed by atoms with E-state index in [2.05, 4.69) is 22.0 Å². The van der Waals surface area contributed by atoms with Crippen LogP contribution in [0.15, 0.2) is 5.16 Å². The smallest absolute Gasteiger partial charge is 0.310 e. The van der Waals surface area contributed by atoms with Crippen molar-refractivity contribution in [2.45, 2.75) is 64.1 Å². The molecule has 1 fully saturated rings. The Hall–Kier alpha value is -2.16. The molecule has 158 valence electrons. The number of hydrogen-bond donors (Lipinski definition) is 0. The summed E-state index contributed by atoms with van der Waals surface area (Å²) in [6, 6.07) is 0.242. The van der Waals surface area contributed by atoms with Crippen molar-refractivity contribution in [3.63, 3.8) is 0 Å². The van der Waals surface area contributed by atoms with Crippen LogP contribution < -0.4 is 0 Å². The molecule has 0 spiro atoms. The summed E-state index contributed by atoms with van der Waals surface area (Å²) in [5, 5.41) is 5.02. The lowest BCUT2D eigenvalue weighted by Gasteiger charge is -2.33. The van der Waals surface area contributed by atoms with E-state index in [4.69, 9.17) is 4.74 Å². The van der Waals surface area contributed by atoms with Crippen LogP contribution in [0.4, 0.5) is 0 Å². The number of carbonyl (C=O) groups excluding carboxylic acids is 2. The zero-order valence-corrected chi connectivity index (χ0v) is 18.6. The van der Waals surface area contributed by atoms with Gasteiger partial charge in [0.15, 0.2) is 6.61 Å². The third kappa shape index (κ3) is 4.88. The minimum atomic E-state index is -0.443. The van der Waals surface area contributed by atoms with Gasteiger partial charge in [-0.2, -0.15) is 4.98 Å². The van der Waals surface area contributed by atoms with E-state index >= 15 is 0 Å². The molecule has 1 amide bonds. The zero-order chi connectivity index (χ0) is 21.1. The second kappa shape index (κ2) is 9.11. The van der Waals surface area contributed by atoms with Gasteiger partial charge < -0.3 is 9.64 Å². The van der Waals surface area contributed by atoms with Gasteiger partial charge in [0.1, 0.15) is 0 Å². The van der Waals surface area contributed by atoms with Gasteiger partial charge in [-0.15, -0.1) is 5.10 Å². The third-order valence-electron chi connectivity index (χ3n) is 5.82. The van der Waals surface area contributed by atoms with Crippen LogP contribution in [0.3, 0.4) is 0 Å². The predicted molar refractivity (Wildman–Crippen MR) is 111 cm³/mol. The molecular weight excluding hydrogens is 390 g/mol. The van der Waals surface area contributed by atoms with Gasteiger partial charge in [0.2, 0.25) is 5.16 Å². The summed E-state index contributed by atoms with van der Waals surface area (Å²) in [5.74, 6) is 0.643. The number of nitrogens with zero attached hydrogens (tertiary/aromatic N) is 5. The Kier molecular flexibility index (Phi) is 6.77. The number of thioether (sulfide) groups is 1. The average Bonchev–Trinajstić information content (AvgIpc) is 3.12. The van der Waals surface area contributed by atoms with Gasteiger partial charge in [0, 0.05) is 30.0 Å². The topological polar surface area (TPSA) is 89.7 Å². The number of aromatic nitrogens is 4. The van der Waals surface area contributed by atoms with Crippen LogP contribution in [0.2, 0.25) is 0 Å². The first kappa shape index (κ1) is 21.5. The molecule has 0 aliphatic heterocycles. The van der Waals surface area contributed by atoms with Crippen molar-refractivity contribution >= 4 is 29.4 Å². The van der Waals surface area contributed by atoms with E-state index in [0.717, 1.165) is 42.9 Å². The number of aryl methyl sites for hydroxylation is 2. The van der Waals surface area contributed by atoms with Gasteiger partial charge >= 0.3 is 5.97 Å². The number of amides is 1. The summed E-state index contributed by atoms with van der Waals surface area (Å²) >= 11 is 1.44. The van der Waals surface area contributed by atoms with Crippen LogP contribution in [0.25, 0.3) is 5.78 Å². The maximum absolute atomic E-state index is 12.4. The molecule has 0 bridgehead atoms. The molecule has 0 N–H and O–H groups in total. The quantitative estimate of drug-likeness (QED) is 0.525. The Labute approximate surface area is 175 Å². The Balaban J connectivity index is 1.60. The molecule has 1 saturated carbocycles. The van der Waals surface area contributed by atoms with Crippen LogP contribution in [-0.4, -0.2) is 62.3 Å². The van der Waals surface area contributed by atoms with Gasteiger partial charge in [0.25, 0.3) is 11.7 Å². The normalized spacial score (nSPS) is 19.3. The highest BCUT2D eigenvalue weighted by Gasteiger charge is 2.25. The van der Waals surface area contributed by atoms with Crippen LogP contribution in [0.1, 0.15) is 49.6 Å². The fraction of sp³-hybridized carbons (Fsp3) is 0.650. The lowest BCUT2D eigenvalue weighted by Crippen LogP contribution is -2.41. The molecule has 0 saturated heterocycles. The highest BCUT2D eigenvalue weighted by molar-refractivity contribution is 7.98. The minimum Gasteiger partial charge on any atom is -0.455 e. The van der Waals surface area contributed by atoms with E-state index in [1.54, 1.807) is 16.5 Å². The number of rotatable bonds is 6. The molecule has 29 heavy (non-hydrogen) atoms. The second-order valence-electron chi connectivity index (χ2n) is 7.83. The predicted octanol–water partition coefficient (Wildman–Crippen LogP) is 2.59. The van der Waals surface area contributed by atoms with Crippen molar-refractivity contribution in [1.82, 2.24) is 24.5 Å². The monoisotopic (exact) mass is 419 g/mol. The number of carbonyl (C=O) groups is 2. The van der Waals surface area contributed by atoms with E-state index in [-0.39, 0.29) is 25.0 Å². The Morgan fingerprint density at radius 2 is 1.90 bits per heavy atom. The van der Waals surface area contributed by atoms with E-state index in [1.807, 2.05) is 20.1 Å². The molecule has 2 aromatic heterocycles. The van der Waals surface area contributed by atoms with Crippen molar-refractivity contribution in [3.8, 4) is 0 Å². The molecule has 0 unspecified atom stereocenters. The molecular formula is C20H29N5O3S. The Morgan fingerprint density at radius 3 is 2.55 bits per heavy atom. The van der Waals surface area contributed by atoms with Crippen LogP contribution in [0.5, 0.6) is 0 Å². The summed E-state index contributed by atoms with van der Waals surface area (Å²) < 4.78 is 6.93. The molecule has 1 aliphatic carbocycles. The van der Waals surface area contributed by atoms with E-state index < -0.39 is 5.97 Å². The maximum Gasteiger partial charge on any atom is 0.310 e. The van der Waals surface area contributed by atoms with E-state index in [0.29, 0.717) is 16.6 Å². The SMILES string of the molecule is CSc1nc2nc(C)c(CC(=O)OCC(=O)N(C)C3CCC(C)CC3)c(C)n2n1. The largest absolute Gasteiger partial charge is 0.455 e. The molecule has 0 radical (unpaired) electrons. The molecule has 2 heterocycles. The molecule has 8 nitrogen and oxygen atoms in total. The highest BCUT2D eigenvalue weighted by atomic mass is 32.2. The van der Waals surface area contributed by atoms with Crippen LogP contribution in [0, 0.1) is 19.8 Å². The van der Waals surface area contributed by atoms with Crippen molar-refractivity contribution in [1.29, 1.82) is 0 Å². The van der Waals surface area contributed by atoms with Crippen molar-refractivity contribution in [2.24, 2.45) is 5.92 Å². The van der Waals surface area contributed by atoms with Gasteiger partial charge in [-0.1, -0.05) is 18.7 Å². The second-order valence-corrected chi connectivity index (χ2v) is 8.60. The average molecular weight is 420 g/mol. The van der Waals surface area contributed by atoms with Gasteiger partial charge in [-0.3, -0.25) is 9.59 Å². The molecule has 2 aromatic rings. The first-order valence-corrected chi connectivity index (χ1v) is 11.2. The zero-order valence-electron chi connectivity index (χ0n) is 17.8. The Bertz CT molecular complexity index is 905. The van der Waals surface area contributed by atoms with Gasteiger partial charge in [-0.05, 0) is 51.7 Å². The number of likely N-dealkylation sites (N-methyl/N-ethyl adjacent to an activating group) is 1. The molecule has 9 heteroatoms. The summed E-state index contributed by atoms with van der Waals surface area (Å²) in [4.78, 5) is 35.3. The fourth-order valence-corrected chi connectivity index (χ4v) is 4.14. The Morgan fingerprint density at radius 1 is 1.21 bits per heavy atom. The van der Waals surface area contributed by atoms with Crippen molar-refractivity contribution in [3.05, 3.63) is 17.0 Å². The third-order valence-corrected chi connectivity index (χ3v) is 6.35. The number of esters is 1. The number of fused-ring (bicyclic) bond motifs is 1. The van der Waals surface area contributed by atoms with Crippen molar-refractivity contribution in [2.75, 3.05) is 19.9 Å². The fourth-order valence-electron chi connectivity index (χ4n) is 3.81. The number of hydrogen-bond acceptors (Lipinski definition) is 7. The van der Waals surface area contributed by atoms with Crippen LogP contribution >= 0.6 is 11.8 Å². The first-order chi connectivity index (χ1) is 13.8. The summed E-state index contributed by atoms with van der Waals surface area (Å²) in [7, 11) is 1.80. The maximum atomic E-state index is 12.4. The summed E-state index contributed by atoms with van der Waals surface area (Å²) in [6.07, 6.45) is 6.24. The summed E-state index contributed by atoms with van der Waals surface area (Å²) in [6.45, 7) is 5.74. The van der Waals surface area contributed by atoms with Gasteiger partial charge in [-0.25, -0.2) is 9.50 Å². The molecule has 0 aromatic carbocycles. The first-order valence-electron chi connectivity index (χ1n) is 9.98. The minimum absolute atomic E-state index is 0.0486. The highest BCUT2D eigenvalue weighted by Crippen LogP contribution is 2.26. The molecule has 0 atom stereocenters. The molecule has 1 aliphatic rings. The van der Waals surface area contributed by atoms with E-state index in [1.165, 1.54) is 11.8 Å². The lowest BCUT2D eigenvalue weighted by molar-refractivity contribution is -0.152.